The maximum Gasteiger partial charge on any atom is 0.282 e. The average Bonchev–Trinajstić information content (AvgIpc) is 3.05. The number of nitrogens with zero attached hydrogens (tertiary/aromatic N) is 1. The summed E-state index contributed by atoms with van der Waals surface area (Å²) in [5.41, 5.74) is 0.303. The maximum absolute atomic E-state index is 14.5. The zero-order chi connectivity index (χ0) is 22.8. The SMILES string of the molecule is COc1ccc(NC2=C(c3ccccc3)C(=O)N(c3cc(F)ccc3F)C2=O)c(OC)c1. The van der Waals surface area contributed by atoms with Crippen molar-refractivity contribution in [3.63, 3.8) is 0 Å². The van der Waals surface area contributed by atoms with Gasteiger partial charge in [0.1, 0.15) is 28.8 Å². The van der Waals surface area contributed by atoms with Crippen LogP contribution in [0.3, 0.4) is 0 Å². The molecule has 3 aromatic carbocycles. The number of benzene rings is 3. The predicted octanol–water partition coefficient (Wildman–Crippen LogP) is 4.38. The molecule has 0 radical (unpaired) electrons. The molecule has 3 aromatic rings. The van der Waals surface area contributed by atoms with Crippen LogP contribution in [0.1, 0.15) is 5.56 Å². The Hall–Kier alpha value is -4.20. The second-order valence-electron chi connectivity index (χ2n) is 6.85. The lowest BCUT2D eigenvalue weighted by Gasteiger charge is -2.17. The number of ether oxygens (including phenoxy) is 2. The highest BCUT2D eigenvalue weighted by molar-refractivity contribution is 6.46. The summed E-state index contributed by atoms with van der Waals surface area (Å²) in [6.07, 6.45) is 0. The lowest BCUT2D eigenvalue weighted by Crippen LogP contribution is -2.33. The minimum Gasteiger partial charge on any atom is -0.497 e. The fourth-order valence-corrected chi connectivity index (χ4v) is 3.43. The molecule has 0 bridgehead atoms. The Morgan fingerprint density at radius 3 is 2.28 bits per heavy atom. The molecule has 1 aliphatic heterocycles. The van der Waals surface area contributed by atoms with E-state index in [9.17, 15) is 18.4 Å². The van der Waals surface area contributed by atoms with Gasteiger partial charge in [0.2, 0.25) is 0 Å². The molecule has 2 amide bonds. The van der Waals surface area contributed by atoms with Gasteiger partial charge in [0, 0.05) is 12.1 Å². The van der Waals surface area contributed by atoms with Crippen molar-refractivity contribution in [3.05, 3.63) is 89.6 Å². The van der Waals surface area contributed by atoms with Gasteiger partial charge in [-0.25, -0.2) is 13.7 Å². The second-order valence-corrected chi connectivity index (χ2v) is 6.85. The molecule has 0 spiro atoms. The molecule has 1 heterocycles. The van der Waals surface area contributed by atoms with E-state index in [4.69, 9.17) is 9.47 Å². The molecule has 1 aliphatic rings. The van der Waals surface area contributed by atoms with Crippen LogP contribution in [-0.4, -0.2) is 26.0 Å². The summed E-state index contributed by atoms with van der Waals surface area (Å²) in [7, 11) is 2.95. The summed E-state index contributed by atoms with van der Waals surface area (Å²) in [6, 6.07) is 15.9. The number of methoxy groups -OCH3 is 2. The van der Waals surface area contributed by atoms with Crippen LogP contribution in [0.5, 0.6) is 11.5 Å². The van der Waals surface area contributed by atoms with Gasteiger partial charge in [-0.05, 0) is 29.8 Å². The van der Waals surface area contributed by atoms with Crippen LogP contribution >= 0.6 is 0 Å². The number of anilines is 2. The number of imide groups is 1. The molecule has 0 atom stereocenters. The molecule has 6 nitrogen and oxygen atoms in total. The van der Waals surface area contributed by atoms with Crippen molar-refractivity contribution in [2.24, 2.45) is 0 Å². The van der Waals surface area contributed by atoms with Gasteiger partial charge in [-0.2, -0.15) is 0 Å². The fraction of sp³-hybridized carbons (Fsp3) is 0.0833. The smallest absolute Gasteiger partial charge is 0.282 e. The number of amides is 2. The maximum atomic E-state index is 14.5. The molecule has 8 heteroatoms. The highest BCUT2D eigenvalue weighted by Crippen LogP contribution is 2.37. The highest BCUT2D eigenvalue weighted by atomic mass is 19.1. The van der Waals surface area contributed by atoms with Crippen molar-refractivity contribution in [2.75, 3.05) is 24.4 Å². The Kier molecular flexibility index (Phi) is 5.59. The molecule has 0 fully saturated rings. The van der Waals surface area contributed by atoms with E-state index in [1.807, 2.05) is 0 Å². The molecule has 162 valence electrons. The zero-order valence-electron chi connectivity index (χ0n) is 17.2. The molecule has 0 aliphatic carbocycles. The van der Waals surface area contributed by atoms with Crippen LogP contribution in [0, 0.1) is 11.6 Å². The van der Waals surface area contributed by atoms with E-state index in [0.29, 0.717) is 27.6 Å². The summed E-state index contributed by atoms with van der Waals surface area (Å²) < 4.78 is 38.8. The standard InChI is InChI=1S/C24H18F2N2O4/c1-31-16-9-11-18(20(13-16)32-2)27-22-21(14-6-4-3-5-7-14)23(29)28(24(22)30)19-12-15(25)8-10-17(19)26/h3-13,27H,1-2H3. The van der Waals surface area contributed by atoms with E-state index in [0.717, 1.165) is 18.2 Å². The fourth-order valence-electron chi connectivity index (χ4n) is 3.43. The topological polar surface area (TPSA) is 67.9 Å². The van der Waals surface area contributed by atoms with Crippen LogP contribution in [0.4, 0.5) is 20.2 Å². The Bertz CT molecular complexity index is 1240. The van der Waals surface area contributed by atoms with Crippen LogP contribution < -0.4 is 19.7 Å². The van der Waals surface area contributed by atoms with Crippen LogP contribution in [-0.2, 0) is 9.59 Å². The number of carbonyl (C=O) groups excluding carboxylic acids is 2. The number of hydrogen-bond donors (Lipinski definition) is 1. The predicted molar refractivity (Wildman–Crippen MR) is 115 cm³/mol. The lowest BCUT2D eigenvalue weighted by molar-refractivity contribution is -0.120. The molecule has 0 saturated heterocycles. The van der Waals surface area contributed by atoms with E-state index in [-0.39, 0.29) is 11.3 Å². The van der Waals surface area contributed by atoms with Crippen LogP contribution in [0.25, 0.3) is 5.57 Å². The third-order valence-electron chi connectivity index (χ3n) is 4.96. The van der Waals surface area contributed by atoms with Gasteiger partial charge in [0.15, 0.2) is 0 Å². The monoisotopic (exact) mass is 436 g/mol. The third-order valence-corrected chi connectivity index (χ3v) is 4.96. The van der Waals surface area contributed by atoms with Gasteiger partial charge in [0.25, 0.3) is 11.8 Å². The number of rotatable bonds is 6. The number of hydrogen-bond acceptors (Lipinski definition) is 5. The number of halogens is 2. The molecule has 0 unspecified atom stereocenters. The first-order chi connectivity index (χ1) is 15.4. The molecule has 1 N–H and O–H groups in total. The van der Waals surface area contributed by atoms with Gasteiger partial charge in [-0.1, -0.05) is 30.3 Å². The largest absolute Gasteiger partial charge is 0.497 e. The molecule has 0 aromatic heterocycles. The van der Waals surface area contributed by atoms with Gasteiger partial charge < -0.3 is 14.8 Å². The van der Waals surface area contributed by atoms with Crippen molar-refractivity contribution in [1.29, 1.82) is 0 Å². The summed E-state index contributed by atoms with van der Waals surface area (Å²) in [5, 5.41) is 2.95. The van der Waals surface area contributed by atoms with Crippen molar-refractivity contribution in [2.45, 2.75) is 0 Å². The third kappa shape index (κ3) is 3.66. The van der Waals surface area contributed by atoms with E-state index >= 15 is 0 Å². The van der Waals surface area contributed by atoms with Crippen molar-refractivity contribution in [1.82, 2.24) is 0 Å². The van der Waals surface area contributed by atoms with Crippen LogP contribution in [0.2, 0.25) is 0 Å². The number of nitrogens with one attached hydrogen (secondary N) is 1. The molecule has 0 saturated carbocycles. The van der Waals surface area contributed by atoms with Gasteiger partial charge in [0.05, 0.1) is 31.2 Å². The molecular formula is C24H18F2N2O4. The number of carbonyl (C=O) groups is 2. The molecule has 4 rings (SSSR count). The summed E-state index contributed by atoms with van der Waals surface area (Å²) in [6.45, 7) is 0. The first kappa shape index (κ1) is 21.0. The minimum atomic E-state index is -0.899. The van der Waals surface area contributed by atoms with Gasteiger partial charge in [-0.3, -0.25) is 9.59 Å². The van der Waals surface area contributed by atoms with E-state index in [2.05, 4.69) is 5.32 Å². The minimum absolute atomic E-state index is 0.0251. The van der Waals surface area contributed by atoms with Crippen LogP contribution in [0.15, 0.2) is 72.4 Å². The Labute approximate surface area is 182 Å². The van der Waals surface area contributed by atoms with Crippen molar-refractivity contribution < 1.29 is 27.8 Å². The summed E-state index contributed by atoms with van der Waals surface area (Å²) in [5.74, 6) is -2.39. The van der Waals surface area contributed by atoms with Gasteiger partial charge >= 0.3 is 0 Å². The first-order valence-electron chi connectivity index (χ1n) is 9.57. The Morgan fingerprint density at radius 2 is 1.59 bits per heavy atom. The Morgan fingerprint density at radius 1 is 0.844 bits per heavy atom. The summed E-state index contributed by atoms with van der Waals surface area (Å²) >= 11 is 0. The van der Waals surface area contributed by atoms with Gasteiger partial charge in [-0.15, -0.1) is 0 Å². The first-order valence-corrected chi connectivity index (χ1v) is 9.57. The second kappa shape index (κ2) is 8.50. The lowest BCUT2D eigenvalue weighted by atomic mass is 10.0. The molecule has 32 heavy (non-hydrogen) atoms. The molecular weight excluding hydrogens is 418 g/mol. The highest BCUT2D eigenvalue weighted by Gasteiger charge is 2.41. The quantitative estimate of drug-likeness (QED) is 0.581. The summed E-state index contributed by atoms with van der Waals surface area (Å²) in [4.78, 5) is 27.2. The normalized spacial score (nSPS) is 13.6. The van der Waals surface area contributed by atoms with Crippen molar-refractivity contribution >= 4 is 28.8 Å². The Balaban J connectivity index is 1.85. The zero-order valence-corrected chi connectivity index (χ0v) is 17.2. The van der Waals surface area contributed by atoms with Crippen molar-refractivity contribution in [3.8, 4) is 11.5 Å². The average molecular weight is 436 g/mol. The van der Waals surface area contributed by atoms with E-state index in [1.54, 1.807) is 48.5 Å². The van der Waals surface area contributed by atoms with E-state index < -0.39 is 29.1 Å². The van der Waals surface area contributed by atoms with E-state index in [1.165, 1.54) is 14.2 Å².